The fourth-order valence-electron chi connectivity index (χ4n) is 1.33. The molecule has 0 fully saturated rings. The molecule has 1 amide bonds. The number of aryl methyl sites for hydroxylation is 1. The molecule has 90 valence electrons. The summed E-state index contributed by atoms with van der Waals surface area (Å²) >= 11 is 0. The van der Waals surface area contributed by atoms with Crippen molar-refractivity contribution in [3.05, 3.63) is 29.3 Å². The van der Waals surface area contributed by atoms with Crippen molar-refractivity contribution in [2.24, 2.45) is 0 Å². The molecule has 0 spiro atoms. The second-order valence-corrected chi connectivity index (χ2v) is 3.65. The summed E-state index contributed by atoms with van der Waals surface area (Å²) in [5.74, 6) is -1.45. The van der Waals surface area contributed by atoms with Gasteiger partial charge < -0.3 is 10.4 Å². The first kappa shape index (κ1) is 12.9. The first-order chi connectivity index (χ1) is 8.02. The van der Waals surface area contributed by atoms with Crippen molar-refractivity contribution in [3.8, 4) is 0 Å². The van der Waals surface area contributed by atoms with Crippen molar-refractivity contribution in [3.63, 3.8) is 0 Å². The fourth-order valence-corrected chi connectivity index (χ4v) is 1.33. The van der Waals surface area contributed by atoms with Crippen LogP contribution in [-0.4, -0.2) is 23.3 Å². The lowest BCUT2D eigenvalue weighted by Crippen LogP contribution is -2.14. The van der Waals surface area contributed by atoms with Crippen molar-refractivity contribution < 1.29 is 19.5 Å². The molecule has 0 aromatic heterocycles. The summed E-state index contributed by atoms with van der Waals surface area (Å²) < 4.78 is 0. The van der Waals surface area contributed by atoms with E-state index < -0.39 is 11.9 Å². The molecule has 0 bridgehead atoms. The molecule has 0 saturated heterocycles. The molecule has 0 aliphatic rings. The molecule has 0 saturated carbocycles. The van der Waals surface area contributed by atoms with E-state index in [0.29, 0.717) is 17.5 Å². The Labute approximate surface area is 98.4 Å². The van der Waals surface area contributed by atoms with Crippen LogP contribution >= 0.6 is 0 Å². The molecular formula is C12H13NO4. The molecule has 1 rings (SSSR count). The third-order valence-corrected chi connectivity index (χ3v) is 2.17. The normalized spacial score (nSPS) is 9.71. The van der Waals surface area contributed by atoms with E-state index in [0.717, 1.165) is 5.56 Å². The first-order valence-electron chi connectivity index (χ1n) is 5.10. The van der Waals surface area contributed by atoms with Gasteiger partial charge in [-0.1, -0.05) is 11.6 Å². The topological polar surface area (TPSA) is 83.5 Å². The third kappa shape index (κ3) is 4.06. The average molecular weight is 235 g/mol. The highest BCUT2D eigenvalue weighted by Crippen LogP contribution is 2.15. The number of rotatable bonds is 5. The molecule has 0 unspecified atom stereocenters. The van der Waals surface area contributed by atoms with Crippen LogP contribution in [0.5, 0.6) is 0 Å². The Hall–Kier alpha value is -2.17. The van der Waals surface area contributed by atoms with E-state index in [9.17, 15) is 14.4 Å². The number of amides is 1. The zero-order valence-electron chi connectivity index (χ0n) is 9.40. The van der Waals surface area contributed by atoms with Gasteiger partial charge in [0.1, 0.15) is 0 Å². The van der Waals surface area contributed by atoms with Crippen molar-refractivity contribution in [2.45, 2.75) is 19.8 Å². The highest BCUT2D eigenvalue weighted by Gasteiger charge is 2.08. The van der Waals surface area contributed by atoms with Crippen LogP contribution in [0.25, 0.3) is 0 Å². The molecule has 0 radical (unpaired) electrons. The molecule has 0 atom stereocenters. The Bertz CT molecular complexity index is 454. The van der Waals surface area contributed by atoms with Gasteiger partial charge in [0.25, 0.3) is 0 Å². The summed E-state index contributed by atoms with van der Waals surface area (Å²) in [6, 6.07) is 5.04. The van der Waals surface area contributed by atoms with Crippen LogP contribution < -0.4 is 5.32 Å². The smallest absolute Gasteiger partial charge is 0.303 e. The Balaban J connectivity index is 2.71. The van der Waals surface area contributed by atoms with Gasteiger partial charge in [0.05, 0.1) is 12.1 Å². The number of hydrogen-bond donors (Lipinski definition) is 2. The number of anilines is 1. The molecule has 1 aromatic rings. The van der Waals surface area contributed by atoms with Gasteiger partial charge in [-0.15, -0.1) is 0 Å². The number of hydrogen-bond acceptors (Lipinski definition) is 3. The maximum Gasteiger partial charge on any atom is 0.303 e. The average Bonchev–Trinajstić information content (AvgIpc) is 2.28. The number of carbonyl (C=O) groups excluding carboxylic acids is 2. The molecular weight excluding hydrogens is 222 g/mol. The van der Waals surface area contributed by atoms with Crippen LogP contribution in [-0.2, 0) is 9.59 Å². The molecule has 5 heteroatoms. The first-order valence-corrected chi connectivity index (χ1v) is 5.10. The van der Waals surface area contributed by atoms with E-state index >= 15 is 0 Å². The summed E-state index contributed by atoms with van der Waals surface area (Å²) in [7, 11) is 0. The van der Waals surface area contributed by atoms with Gasteiger partial charge in [0.15, 0.2) is 6.29 Å². The number of aliphatic carboxylic acids is 1. The summed E-state index contributed by atoms with van der Waals surface area (Å²) in [5.41, 5.74) is 1.70. The van der Waals surface area contributed by atoms with Gasteiger partial charge in [-0.2, -0.15) is 0 Å². The number of nitrogens with one attached hydrogen (secondary N) is 1. The van der Waals surface area contributed by atoms with Crippen molar-refractivity contribution in [2.75, 3.05) is 5.32 Å². The minimum absolute atomic E-state index is 0.110. The Morgan fingerprint density at radius 2 is 2.06 bits per heavy atom. The van der Waals surface area contributed by atoms with Crippen molar-refractivity contribution >= 4 is 23.9 Å². The van der Waals surface area contributed by atoms with Gasteiger partial charge in [-0.3, -0.25) is 14.4 Å². The Morgan fingerprint density at radius 1 is 1.35 bits per heavy atom. The molecule has 0 aliphatic heterocycles. The summed E-state index contributed by atoms with van der Waals surface area (Å²) in [4.78, 5) is 32.4. The quantitative estimate of drug-likeness (QED) is 0.759. The number of carboxylic acids is 1. The Morgan fingerprint density at radius 3 is 2.65 bits per heavy atom. The summed E-state index contributed by atoms with van der Waals surface area (Å²) in [6.45, 7) is 1.84. The van der Waals surface area contributed by atoms with Crippen LogP contribution in [0.1, 0.15) is 28.8 Å². The van der Waals surface area contributed by atoms with E-state index in [2.05, 4.69) is 5.32 Å². The fraction of sp³-hybridized carbons (Fsp3) is 0.250. The number of carbonyl (C=O) groups is 3. The molecule has 0 aliphatic carbocycles. The Kier molecular flexibility index (Phi) is 4.39. The zero-order valence-corrected chi connectivity index (χ0v) is 9.40. The monoisotopic (exact) mass is 235 g/mol. The lowest BCUT2D eigenvalue weighted by molar-refractivity contribution is -0.138. The summed E-state index contributed by atoms with van der Waals surface area (Å²) in [5, 5.41) is 10.9. The summed E-state index contributed by atoms with van der Waals surface area (Å²) in [6.07, 6.45) is 0.315. The van der Waals surface area contributed by atoms with Gasteiger partial charge in [0.2, 0.25) is 5.91 Å². The van der Waals surface area contributed by atoms with E-state index in [-0.39, 0.29) is 12.8 Å². The highest BCUT2D eigenvalue weighted by atomic mass is 16.4. The van der Waals surface area contributed by atoms with Gasteiger partial charge in [0, 0.05) is 12.0 Å². The van der Waals surface area contributed by atoms with Crippen LogP contribution in [0.3, 0.4) is 0 Å². The van der Waals surface area contributed by atoms with Gasteiger partial charge in [-0.25, -0.2) is 0 Å². The van der Waals surface area contributed by atoms with Crippen LogP contribution in [0.15, 0.2) is 18.2 Å². The number of aldehydes is 1. The molecule has 0 heterocycles. The predicted octanol–water partition coefficient (Wildman–Crippen LogP) is 1.61. The van der Waals surface area contributed by atoms with Gasteiger partial charge in [-0.05, 0) is 19.1 Å². The molecule has 1 aromatic carbocycles. The predicted molar refractivity (Wildman–Crippen MR) is 62.1 cm³/mol. The SMILES string of the molecule is Cc1ccc(NC(=O)CCC(=O)O)c(C=O)c1. The second kappa shape index (κ2) is 5.79. The lowest BCUT2D eigenvalue weighted by atomic mass is 10.1. The van der Waals surface area contributed by atoms with E-state index in [4.69, 9.17) is 5.11 Å². The minimum atomic E-state index is -1.03. The maximum absolute atomic E-state index is 11.4. The van der Waals surface area contributed by atoms with Crippen LogP contribution in [0, 0.1) is 6.92 Å². The highest BCUT2D eigenvalue weighted by molar-refractivity contribution is 5.97. The van der Waals surface area contributed by atoms with E-state index in [1.165, 1.54) is 0 Å². The van der Waals surface area contributed by atoms with Crippen LogP contribution in [0.4, 0.5) is 5.69 Å². The minimum Gasteiger partial charge on any atom is -0.481 e. The molecule has 5 nitrogen and oxygen atoms in total. The van der Waals surface area contributed by atoms with E-state index in [1.807, 2.05) is 6.92 Å². The number of carboxylic acid groups (broad SMARTS) is 1. The van der Waals surface area contributed by atoms with Crippen molar-refractivity contribution in [1.29, 1.82) is 0 Å². The van der Waals surface area contributed by atoms with Gasteiger partial charge >= 0.3 is 5.97 Å². The van der Waals surface area contributed by atoms with E-state index in [1.54, 1.807) is 18.2 Å². The van der Waals surface area contributed by atoms with Crippen LogP contribution in [0.2, 0.25) is 0 Å². The largest absolute Gasteiger partial charge is 0.481 e. The number of benzene rings is 1. The maximum atomic E-state index is 11.4. The third-order valence-electron chi connectivity index (χ3n) is 2.17. The standard InChI is InChI=1S/C12H13NO4/c1-8-2-3-10(9(6-8)7-14)13-11(15)4-5-12(16)17/h2-3,6-7H,4-5H2,1H3,(H,13,15)(H,16,17). The zero-order chi connectivity index (χ0) is 12.8. The molecule has 2 N–H and O–H groups in total. The lowest BCUT2D eigenvalue weighted by Gasteiger charge is -2.07. The van der Waals surface area contributed by atoms with Crippen molar-refractivity contribution in [1.82, 2.24) is 0 Å². The second-order valence-electron chi connectivity index (χ2n) is 3.65. The molecule has 17 heavy (non-hydrogen) atoms.